The highest BCUT2D eigenvalue weighted by Gasteiger charge is 2.40. The number of halogens is 1. The molecule has 1 N–H and O–H groups in total. The highest BCUT2D eigenvalue weighted by atomic mass is 19.1. The van der Waals surface area contributed by atoms with Gasteiger partial charge in [0.1, 0.15) is 5.69 Å². The number of nitrogens with zero attached hydrogens (tertiary/aromatic N) is 3. The number of rotatable bonds is 6. The van der Waals surface area contributed by atoms with Gasteiger partial charge in [-0.25, -0.2) is 9.37 Å². The third kappa shape index (κ3) is 2.97. The molecule has 2 heterocycles. The van der Waals surface area contributed by atoms with Gasteiger partial charge in [-0.1, -0.05) is 6.92 Å². The summed E-state index contributed by atoms with van der Waals surface area (Å²) in [6.45, 7) is 7.20. The second-order valence-corrected chi connectivity index (χ2v) is 7.36. The van der Waals surface area contributed by atoms with Gasteiger partial charge in [0, 0.05) is 18.3 Å². The van der Waals surface area contributed by atoms with E-state index >= 15 is 0 Å². The van der Waals surface area contributed by atoms with Crippen molar-refractivity contribution in [1.29, 1.82) is 0 Å². The fraction of sp³-hybridized carbons (Fsp3) is 0.476. The maximum atomic E-state index is 14.4. The zero-order chi connectivity index (χ0) is 19.1. The van der Waals surface area contributed by atoms with Gasteiger partial charge in [-0.15, -0.1) is 0 Å². The molecular weight excluding hydrogens is 343 g/mol. The minimum atomic E-state index is -0.356. The molecule has 5 nitrogen and oxygen atoms in total. The summed E-state index contributed by atoms with van der Waals surface area (Å²) in [5, 5.41) is 4.60. The van der Waals surface area contributed by atoms with Crippen LogP contribution in [-0.4, -0.2) is 34.7 Å². The molecule has 2 aliphatic rings. The van der Waals surface area contributed by atoms with Crippen LogP contribution >= 0.6 is 0 Å². The number of fused-ring (bicyclic) bond motifs is 1. The van der Waals surface area contributed by atoms with E-state index in [1.54, 1.807) is 18.5 Å². The molecule has 1 fully saturated rings. The standard InChI is InChI=1S/C21H27FN4O/c1-5-18(14-7-8-14)26-21-20(23-12-24-21)16(11-25(26)6-2)15-10-17(22)19(27-4)9-13(15)3/h9-12,14,18H,5-8H2,1-4H3,(H,23,24). The molecule has 1 atom stereocenters. The number of nitrogens with one attached hydrogen (secondary N) is 1. The predicted octanol–water partition coefficient (Wildman–Crippen LogP) is 4.50. The van der Waals surface area contributed by atoms with Gasteiger partial charge in [0.05, 0.1) is 19.5 Å². The van der Waals surface area contributed by atoms with Gasteiger partial charge in [0.2, 0.25) is 0 Å². The molecule has 27 heavy (non-hydrogen) atoms. The van der Waals surface area contributed by atoms with Crippen molar-refractivity contribution in [1.82, 2.24) is 15.0 Å². The number of anilines is 1. The first-order chi connectivity index (χ1) is 13.1. The van der Waals surface area contributed by atoms with Crippen molar-refractivity contribution in [2.24, 2.45) is 5.92 Å². The van der Waals surface area contributed by atoms with Crippen molar-refractivity contribution >= 4 is 11.4 Å². The number of H-pyrrole nitrogens is 1. The highest BCUT2D eigenvalue weighted by Crippen LogP contribution is 2.44. The first-order valence-electron chi connectivity index (χ1n) is 9.74. The van der Waals surface area contributed by atoms with Crippen molar-refractivity contribution in [3.63, 3.8) is 0 Å². The third-order valence-corrected chi connectivity index (χ3v) is 5.67. The van der Waals surface area contributed by atoms with E-state index in [1.807, 2.05) is 6.92 Å². The summed E-state index contributed by atoms with van der Waals surface area (Å²) in [4.78, 5) is 7.94. The number of hydrazine groups is 1. The van der Waals surface area contributed by atoms with Crippen molar-refractivity contribution in [3.05, 3.63) is 47.3 Å². The number of imidazole rings is 1. The van der Waals surface area contributed by atoms with Crippen LogP contribution in [0, 0.1) is 18.7 Å². The number of aromatic nitrogens is 2. The van der Waals surface area contributed by atoms with Crippen LogP contribution in [0.4, 0.5) is 10.2 Å². The minimum Gasteiger partial charge on any atom is -0.494 e. The van der Waals surface area contributed by atoms with Crippen molar-refractivity contribution in [2.45, 2.75) is 46.1 Å². The topological polar surface area (TPSA) is 44.4 Å². The number of hydrogen-bond acceptors (Lipinski definition) is 4. The van der Waals surface area contributed by atoms with E-state index in [-0.39, 0.29) is 11.6 Å². The summed E-state index contributed by atoms with van der Waals surface area (Å²) < 4.78 is 19.6. The lowest BCUT2D eigenvalue weighted by molar-refractivity contribution is 0.290. The molecule has 0 radical (unpaired) electrons. The molecule has 144 valence electrons. The summed E-state index contributed by atoms with van der Waals surface area (Å²) in [6.07, 6.45) is 7.51. The SMILES string of the molecule is CCC(C1CC1)N1c2[nH]cnc2C(c2cc(F)c(OC)cc2C)=CN1CC. The fourth-order valence-corrected chi connectivity index (χ4v) is 4.15. The highest BCUT2D eigenvalue weighted by molar-refractivity contribution is 5.86. The van der Waals surface area contributed by atoms with Gasteiger partial charge in [-0.2, -0.15) is 0 Å². The Hall–Kier alpha value is -2.50. The van der Waals surface area contributed by atoms with Crippen LogP contribution in [0.5, 0.6) is 5.75 Å². The zero-order valence-corrected chi connectivity index (χ0v) is 16.4. The largest absolute Gasteiger partial charge is 0.494 e. The van der Waals surface area contributed by atoms with Crippen molar-refractivity contribution in [3.8, 4) is 5.75 Å². The minimum absolute atomic E-state index is 0.267. The van der Waals surface area contributed by atoms with Crippen molar-refractivity contribution in [2.75, 3.05) is 18.7 Å². The Morgan fingerprint density at radius 3 is 2.74 bits per heavy atom. The van der Waals surface area contributed by atoms with Crippen LogP contribution < -0.4 is 9.75 Å². The molecular formula is C21H27FN4O. The van der Waals surface area contributed by atoms with E-state index in [2.05, 4.69) is 40.0 Å². The molecule has 1 aliphatic heterocycles. The smallest absolute Gasteiger partial charge is 0.165 e. The molecule has 4 rings (SSSR count). The van der Waals surface area contributed by atoms with E-state index < -0.39 is 0 Å². The van der Waals surface area contributed by atoms with Gasteiger partial charge in [-0.3, -0.25) is 10.0 Å². The average molecular weight is 370 g/mol. The van der Waals surface area contributed by atoms with Crippen LogP contribution in [0.2, 0.25) is 0 Å². The predicted molar refractivity (Wildman–Crippen MR) is 105 cm³/mol. The number of aryl methyl sites for hydroxylation is 1. The first-order valence-corrected chi connectivity index (χ1v) is 9.74. The van der Waals surface area contributed by atoms with Gasteiger partial charge in [0.15, 0.2) is 17.4 Å². The maximum Gasteiger partial charge on any atom is 0.165 e. The van der Waals surface area contributed by atoms with Crippen LogP contribution in [0.3, 0.4) is 0 Å². The molecule has 1 saturated carbocycles. The van der Waals surface area contributed by atoms with Crippen LogP contribution in [-0.2, 0) is 0 Å². The summed E-state index contributed by atoms with van der Waals surface area (Å²) in [5.74, 6) is 1.65. The molecule has 1 unspecified atom stereocenters. The molecule has 1 aromatic carbocycles. The lowest BCUT2D eigenvalue weighted by atomic mass is 9.96. The monoisotopic (exact) mass is 370 g/mol. The van der Waals surface area contributed by atoms with Gasteiger partial charge in [-0.05, 0) is 62.3 Å². The summed E-state index contributed by atoms with van der Waals surface area (Å²) in [5.41, 5.74) is 3.63. The number of benzene rings is 1. The number of hydrogen-bond donors (Lipinski definition) is 1. The molecule has 1 aliphatic carbocycles. The lowest BCUT2D eigenvalue weighted by Gasteiger charge is -2.43. The lowest BCUT2D eigenvalue weighted by Crippen LogP contribution is -2.49. The average Bonchev–Trinajstić information content (AvgIpc) is 3.39. The zero-order valence-electron chi connectivity index (χ0n) is 16.4. The van der Waals surface area contributed by atoms with Gasteiger partial charge in [0.25, 0.3) is 0 Å². The Bertz CT molecular complexity index is 871. The van der Waals surface area contributed by atoms with Crippen LogP contribution in [0.1, 0.15) is 49.9 Å². The second kappa shape index (κ2) is 6.91. The second-order valence-electron chi connectivity index (χ2n) is 7.36. The molecule has 0 amide bonds. The van der Waals surface area contributed by atoms with E-state index in [4.69, 9.17) is 4.74 Å². The molecule has 0 saturated heterocycles. The normalized spacial score (nSPS) is 17.6. The molecule has 2 aromatic rings. The van der Waals surface area contributed by atoms with Gasteiger partial charge < -0.3 is 9.72 Å². The quantitative estimate of drug-likeness (QED) is 0.813. The third-order valence-electron chi connectivity index (χ3n) is 5.67. The fourth-order valence-electron chi connectivity index (χ4n) is 4.15. The Kier molecular flexibility index (Phi) is 4.58. The van der Waals surface area contributed by atoms with E-state index in [9.17, 15) is 4.39 Å². The summed E-state index contributed by atoms with van der Waals surface area (Å²) in [7, 11) is 1.49. The van der Waals surface area contributed by atoms with E-state index in [1.165, 1.54) is 20.0 Å². The van der Waals surface area contributed by atoms with Gasteiger partial charge >= 0.3 is 0 Å². The van der Waals surface area contributed by atoms with Crippen molar-refractivity contribution < 1.29 is 9.13 Å². The Morgan fingerprint density at radius 2 is 2.11 bits per heavy atom. The van der Waals surface area contributed by atoms with Crippen LogP contribution in [0.25, 0.3) is 5.57 Å². The Labute approximate surface area is 159 Å². The Morgan fingerprint density at radius 1 is 1.33 bits per heavy atom. The molecule has 0 bridgehead atoms. The van der Waals surface area contributed by atoms with E-state index in [0.717, 1.165) is 47.1 Å². The number of ether oxygens (including phenoxy) is 1. The first kappa shape index (κ1) is 17.9. The maximum absolute atomic E-state index is 14.4. The summed E-state index contributed by atoms with van der Waals surface area (Å²) >= 11 is 0. The molecule has 1 aromatic heterocycles. The molecule has 0 spiro atoms. The Balaban J connectivity index is 1.82. The van der Waals surface area contributed by atoms with E-state index in [0.29, 0.717) is 6.04 Å². The molecule has 6 heteroatoms. The van der Waals surface area contributed by atoms with Crippen LogP contribution in [0.15, 0.2) is 24.7 Å². The summed E-state index contributed by atoms with van der Waals surface area (Å²) in [6, 6.07) is 3.76. The number of aromatic amines is 1. The number of methoxy groups -OCH3 is 1.